The number of hydrogen-bond acceptors (Lipinski definition) is 5. The first kappa shape index (κ1) is 19.1. The second kappa shape index (κ2) is 7.20. The number of imidazole rings is 1. The number of benzene rings is 1. The van der Waals surface area contributed by atoms with E-state index in [0.717, 1.165) is 65.6 Å². The molecular weight excluding hydrogens is 400 g/mol. The lowest BCUT2D eigenvalue weighted by Crippen LogP contribution is -2.44. The van der Waals surface area contributed by atoms with Gasteiger partial charge in [-0.1, -0.05) is 6.07 Å². The third kappa shape index (κ3) is 2.98. The molecular formula is C24H26N8. The van der Waals surface area contributed by atoms with Crippen molar-refractivity contribution in [3.63, 3.8) is 0 Å². The summed E-state index contributed by atoms with van der Waals surface area (Å²) in [4.78, 5) is 17.5. The zero-order valence-corrected chi connectivity index (χ0v) is 18.6. The average molecular weight is 427 g/mol. The smallest absolute Gasteiger partial charge is 0.181 e. The maximum absolute atomic E-state index is 4.60. The number of aromatic nitrogens is 6. The van der Waals surface area contributed by atoms with Crippen LogP contribution in [0.1, 0.15) is 5.82 Å². The number of likely N-dealkylation sites (N-methyl/N-ethyl adjacent to an activating group) is 1. The van der Waals surface area contributed by atoms with E-state index >= 15 is 0 Å². The highest BCUT2D eigenvalue weighted by atomic mass is 15.2. The van der Waals surface area contributed by atoms with E-state index in [-0.39, 0.29) is 0 Å². The van der Waals surface area contributed by atoms with Crippen LogP contribution in [0.15, 0.2) is 42.7 Å². The van der Waals surface area contributed by atoms with Crippen molar-refractivity contribution in [2.75, 3.05) is 38.1 Å². The van der Waals surface area contributed by atoms with Gasteiger partial charge in [0, 0.05) is 67.0 Å². The van der Waals surface area contributed by atoms with Gasteiger partial charge in [0.2, 0.25) is 0 Å². The summed E-state index contributed by atoms with van der Waals surface area (Å²) in [7, 11) is 4.21. The Morgan fingerprint density at radius 2 is 1.78 bits per heavy atom. The molecule has 1 aromatic carbocycles. The number of H-pyrrole nitrogens is 2. The molecule has 0 unspecified atom stereocenters. The molecule has 8 heteroatoms. The summed E-state index contributed by atoms with van der Waals surface area (Å²) in [5.74, 6) is 0.972. The number of fused-ring (bicyclic) bond motifs is 2. The summed E-state index contributed by atoms with van der Waals surface area (Å²) in [6, 6.07) is 10.9. The largest absolute Gasteiger partial charge is 0.368 e. The van der Waals surface area contributed by atoms with Crippen molar-refractivity contribution in [1.82, 2.24) is 34.6 Å². The topological polar surface area (TPSA) is 81.7 Å². The summed E-state index contributed by atoms with van der Waals surface area (Å²) in [6.07, 6.45) is 3.75. The van der Waals surface area contributed by atoms with E-state index in [0.29, 0.717) is 5.65 Å². The van der Waals surface area contributed by atoms with Crippen LogP contribution in [0.5, 0.6) is 0 Å². The lowest BCUT2D eigenvalue weighted by molar-refractivity contribution is 0.313. The molecule has 4 aromatic heterocycles. The highest BCUT2D eigenvalue weighted by Gasteiger charge is 2.19. The Morgan fingerprint density at radius 3 is 2.56 bits per heavy atom. The second-order valence-electron chi connectivity index (χ2n) is 8.66. The van der Waals surface area contributed by atoms with Crippen LogP contribution in [-0.4, -0.2) is 67.8 Å². The number of pyridine rings is 1. The van der Waals surface area contributed by atoms with Crippen molar-refractivity contribution in [2.24, 2.45) is 7.05 Å². The number of rotatable bonds is 3. The third-order valence-corrected chi connectivity index (χ3v) is 6.68. The van der Waals surface area contributed by atoms with Gasteiger partial charge < -0.3 is 19.4 Å². The number of nitrogens with one attached hydrogen (secondary N) is 2. The van der Waals surface area contributed by atoms with E-state index < -0.39 is 0 Å². The van der Waals surface area contributed by atoms with Crippen molar-refractivity contribution in [2.45, 2.75) is 6.92 Å². The molecule has 1 aliphatic heterocycles. The van der Waals surface area contributed by atoms with Crippen LogP contribution in [-0.2, 0) is 7.05 Å². The van der Waals surface area contributed by atoms with E-state index in [1.165, 1.54) is 11.1 Å². The molecule has 0 amide bonds. The van der Waals surface area contributed by atoms with Crippen LogP contribution < -0.4 is 4.90 Å². The molecule has 0 spiro atoms. The van der Waals surface area contributed by atoms with Crippen molar-refractivity contribution in [1.29, 1.82) is 0 Å². The Kier molecular flexibility index (Phi) is 4.29. The van der Waals surface area contributed by atoms with Crippen LogP contribution in [0.3, 0.4) is 0 Å². The molecule has 2 N–H and O–H groups in total. The minimum atomic E-state index is 0.709. The van der Waals surface area contributed by atoms with Crippen LogP contribution in [0, 0.1) is 6.92 Å². The molecule has 1 fully saturated rings. The predicted octanol–water partition coefficient (Wildman–Crippen LogP) is 3.57. The molecule has 32 heavy (non-hydrogen) atoms. The Morgan fingerprint density at radius 1 is 0.938 bits per heavy atom. The van der Waals surface area contributed by atoms with E-state index in [1.807, 2.05) is 26.4 Å². The molecule has 6 rings (SSSR count). The van der Waals surface area contributed by atoms with Crippen LogP contribution in [0.4, 0.5) is 5.69 Å². The summed E-state index contributed by atoms with van der Waals surface area (Å²) < 4.78 is 2.08. The fourth-order valence-electron chi connectivity index (χ4n) is 4.61. The van der Waals surface area contributed by atoms with Gasteiger partial charge in [0.15, 0.2) is 5.65 Å². The van der Waals surface area contributed by atoms with Crippen molar-refractivity contribution < 1.29 is 0 Å². The fourth-order valence-corrected chi connectivity index (χ4v) is 4.61. The van der Waals surface area contributed by atoms with Gasteiger partial charge in [-0.3, -0.25) is 5.10 Å². The zero-order chi connectivity index (χ0) is 21.8. The van der Waals surface area contributed by atoms with Gasteiger partial charge in [-0.25, -0.2) is 9.97 Å². The van der Waals surface area contributed by atoms with Gasteiger partial charge in [0.05, 0.1) is 23.3 Å². The van der Waals surface area contributed by atoms with E-state index in [4.69, 9.17) is 0 Å². The summed E-state index contributed by atoms with van der Waals surface area (Å²) in [6.45, 7) is 6.25. The second-order valence-corrected chi connectivity index (χ2v) is 8.66. The number of nitrogens with zero attached hydrogens (tertiary/aromatic N) is 6. The predicted molar refractivity (Wildman–Crippen MR) is 128 cm³/mol. The van der Waals surface area contributed by atoms with Gasteiger partial charge >= 0.3 is 0 Å². The highest BCUT2D eigenvalue weighted by Crippen LogP contribution is 2.34. The maximum Gasteiger partial charge on any atom is 0.181 e. The van der Waals surface area contributed by atoms with E-state index in [1.54, 1.807) is 0 Å². The minimum absolute atomic E-state index is 0.709. The molecule has 5 aromatic rings. The lowest BCUT2D eigenvalue weighted by Gasteiger charge is -2.34. The molecule has 5 heterocycles. The Labute approximate surface area is 185 Å². The van der Waals surface area contributed by atoms with Gasteiger partial charge in [-0.2, -0.15) is 5.10 Å². The highest BCUT2D eigenvalue weighted by molar-refractivity contribution is 6.00. The first-order valence-corrected chi connectivity index (χ1v) is 11.0. The molecule has 162 valence electrons. The SMILES string of the molecule is Cc1ncc(-c2cnc3n[nH]c(-c4cc5c(N6CCN(C)CC6)cccc5[nH]4)c3c2)n1C. The molecule has 1 saturated heterocycles. The van der Waals surface area contributed by atoms with E-state index in [9.17, 15) is 0 Å². The lowest BCUT2D eigenvalue weighted by atomic mass is 10.1. The van der Waals surface area contributed by atoms with Crippen LogP contribution in [0.25, 0.3) is 44.6 Å². The Bertz CT molecular complexity index is 1430. The summed E-state index contributed by atoms with van der Waals surface area (Å²) in [5.41, 5.74) is 7.16. The fraction of sp³-hybridized carbons (Fsp3) is 0.292. The number of hydrogen-bond donors (Lipinski definition) is 2. The maximum atomic E-state index is 4.60. The molecule has 0 radical (unpaired) electrons. The molecule has 0 aliphatic carbocycles. The first-order valence-electron chi connectivity index (χ1n) is 11.0. The number of aromatic amines is 2. The molecule has 0 atom stereocenters. The average Bonchev–Trinajstić information content (AvgIpc) is 3.50. The normalized spacial score (nSPS) is 15.3. The molecule has 1 aliphatic rings. The molecule has 0 saturated carbocycles. The Hall–Kier alpha value is -3.65. The molecule has 8 nitrogen and oxygen atoms in total. The first-order chi connectivity index (χ1) is 15.6. The van der Waals surface area contributed by atoms with Gasteiger partial charge in [-0.05, 0) is 38.2 Å². The van der Waals surface area contributed by atoms with Gasteiger partial charge in [0.1, 0.15) is 5.82 Å². The van der Waals surface area contributed by atoms with Gasteiger partial charge in [0.25, 0.3) is 0 Å². The van der Waals surface area contributed by atoms with Crippen LogP contribution in [0.2, 0.25) is 0 Å². The minimum Gasteiger partial charge on any atom is -0.368 e. The van der Waals surface area contributed by atoms with E-state index in [2.05, 4.69) is 76.9 Å². The third-order valence-electron chi connectivity index (χ3n) is 6.68. The quantitative estimate of drug-likeness (QED) is 0.461. The number of anilines is 1. The number of aryl methyl sites for hydroxylation is 1. The van der Waals surface area contributed by atoms with Crippen molar-refractivity contribution in [3.05, 3.63) is 48.5 Å². The summed E-state index contributed by atoms with van der Waals surface area (Å²) >= 11 is 0. The van der Waals surface area contributed by atoms with Crippen LogP contribution >= 0.6 is 0 Å². The van der Waals surface area contributed by atoms with Crippen molar-refractivity contribution in [3.8, 4) is 22.6 Å². The standard InChI is InChI=1S/C24H26N8/c1-15-25-14-22(31(15)3)16-11-18-23(28-29-24(18)26-13-16)20-12-17-19(27-20)5-4-6-21(17)32-9-7-30(2)8-10-32/h4-6,11-14,27H,7-10H2,1-3H3,(H,26,28,29). The van der Waals surface area contributed by atoms with Crippen molar-refractivity contribution >= 4 is 27.6 Å². The monoisotopic (exact) mass is 426 g/mol. The zero-order valence-electron chi connectivity index (χ0n) is 18.6. The Balaban J connectivity index is 1.45. The number of piperazine rings is 1. The molecule has 0 bridgehead atoms. The van der Waals surface area contributed by atoms with Gasteiger partial charge in [-0.15, -0.1) is 0 Å². The summed E-state index contributed by atoms with van der Waals surface area (Å²) in [5, 5.41) is 9.89.